The summed E-state index contributed by atoms with van der Waals surface area (Å²) in [5.74, 6) is 0.762. The molecule has 1 aromatic heterocycles. The molecule has 0 unspecified atom stereocenters. The van der Waals surface area contributed by atoms with E-state index in [4.69, 9.17) is 0 Å². The number of hydrogen-bond donors (Lipinski definition) is 3. The minimum atomic E-state index is -0.526. The van der Waals surface area contributed by atoms with Gasteiger partial charge in [0.25, 0.3) is 0 Å². The molecule has 1 rings (SSSR count). The van der Waals surface area contributed by atoms with Crippen molar-refractivity contribution in [3.63, 3.8) is 0 Å². The van der Waals surface area contributed by atoms with E-state index in [0.717, 1.165) is 36.2 Å². The Bertz CT molecular complexity index is 546. The highest BCUT2D eigenvalue weighted by Gasteiger charge is 2.26. The minimum absolute atomic E-state index is 0.0262. The minimum Gasteiger partial charge on any atom is -0.357 e. The molecule has 0 saturated heterocycles. The van der Waals surface area contributed by atoms with E-state index in [1.807, 2.05) is 34.6 Å². The number of rotatable bonds is 8. The average Bonchev–Trinajstić information content (AvgIpc) is 2.83. The van der Waals surface area contributed by atoms with Crippen molar-refractivity contribution in [2.24, 2.45) is 10.4 Å². The van der Waals surface area contributed by atoms with Crippen LogP contribution in [-0.4, -0.2) is 43.0 Å². The molecule has 0 spiro atoms. The van der Waals surface area contributed by atoms with Gasteiger partial charge in [-0.25, -0.2) is 4.98 Å². The highest BCUT2D eigenvalue weighted by molar-refractivity contribution is 7.11. The highest BCUT2D eigenvalue weighted by Crippen LogP contribution is 2.17. The van der Waals surface area contributed by atoms with Gasteiger partial charge in [-0.05, 0) is 41.5 Å². The lowest BCUT2D eigenvalue weighted by molar-refractivity contribution is -0.128. The lowest BCUT2D eigenvalue weighted by Gasteiger charge is -2.22. The number of guanidine groups is 1. The number of nitrogens with zero attached hydrogens (tertiary/aromatic N) is 2. The van der Waals surface area contributed by atoms with E-state index in [-0.39, 0.29) is 5.91 Å². The maximum absolute atomic E-state index is 12.0. The number of carbonyl (C=O) groups is 1. The molecule has 0 radical (unpaired) electrons. The molecular weight excluding hydrogens is 322 g/mol. The Labute approximate surface area is 149 Å². The van der Waals surface area contributed by atoms with Gasteiger partial charge in [0.2, 0.25) is 5.91 Å². The molecule has 0 aliphatic carbocycles. The maximum atomic E-state index is 12.0. The second kappa shape index (κ2) is 9.61. The summed E-state index contributed by atoms with van der Waals surface area (Å²) in [4.78, 5) is 22.4. The SMILES string of the molecule is CCNC(=O)C(C)(C)CN=C(NCC)NCCc1nc(C)c(C)s1. The average molecular weight is 354 g/mol. The summed E-state index contributed by atoms with van der Waals surface area (Å²) in [6, 6.07) is 0. The molecule has 7 heteroatoms. The number of hydrogen-bond acceptors (Lipinski definition) is 4. The molecule has 0 aliphatic heterocycles. The van der Waals surface area contributed by atoms with Crippen LogP contribution in [-0.2, 0) is 11.2 Å². The normalized spacial score (nSPS) is 12.2. The van der Waals surface area contributed by atoms with Crippen LogP contribution in [0.2, 0.25) is 0 Å². The largest absolute Gasteiger partial charge is 0.357 e. The molecule has 0 fully saturated rings. The molecule has 0 atom stereocenters. The number of thiazole rings is 1. The van der Waals surface area contributed by atoms with Crippen LogP contribution in [0.15, 0.2) is 4.99 Å². The zero-order valence-corrected chi connectivity index (χ0v) is 16.6. The van der Waals surface area contributed by atoms with Gasteiger partial charge in [-0.3, -0.25) is 9.79 Å². The van der Waals surface area contributed by atoms with Gasteiger partial charge >= 0.3 is 0 Å². The van der Waals surface area contributed by atoms with E-state index >= 15 is 0 Å². The number of amides is 1. The van der Waals surface area contributed by atoms with Crippen molar-refractivity contribution in [3.8, 4) is 0 Å². The fourth-order valence-corrected chi connectivity index (χ4v) is 2.96. The Hall–Kier alpha value is -1.63. The van der Waals surface area contributed by atoms with E-state index in [9.17, 15) is 4.79 Å². The standard InChI is InChI=1S/C17H31N5OS/c1-7-18-15(23)17(5,6)11-21-16(19-8-2)20-10-9-14-22-12(3)13(4)24-14/h7-11H2,1-6H3,(H,18,23)(H2,19,20,21). The molecule has 6 nitrogen and oxygen atoms in total. The molecule has 1 heterocycles. The second-order valence-electron chi connectivity index (χ2n) is 6.36. The summed E-state index contributed by atoms with van der Waals surface area (Å²) in [5, 5.41) is 10.5. The zero-order chi connectivity index (χ0) is 18.2. The number of aryl methyl sites for hydroxylation is 2. The first-order chi connectivity index (χ1) is 11.3. The smallest absolute Gasteiger partial charge is 0.227 e. The third kappa shape index (κ3) is 6.47. The van der Waals surface area contributed by atoms with E-state index in [1.54, 1.807) is 11.3 Å². The number of carbonyl (C=O) groups excluding carboxylic acids is 1. The first-order valence-corrected chi connectivity index (χ1v) is 9.35. The highest BCUT2D eigenvalue weighted by atomic mass is 32.1. The first-order valence-electron chi connectivity index (χ1n) is 8.53. The van der Waals surface area contributed by atoms with Crippen molar-refractivity contribution in [2.45, 2.75) is 48.0 Å². The van der Waals surface area contributed by atoms with Gasteiger partial charge in [0.15, 0.2) is 5.96 Å². The van der Waals surface area contributed by atoms with Crippen molar-refractivity contribution < 1.29 is 4.79 Å². The van der Waals surface area contributed by atoms with Crippen LogP contribution in [0.5, 0.6) is 0 Å². The lowest BCUT2D eigenvalue weighted by atomic mass is 9.92. The van der Waals surface area contributed by atoms with E-state index in [0.29, 0.717) is 13.1 Å². The first kappa shape index (κ1) is 20.4. The van der Waals surface area contributed by atoms with E-state index in [1.165, 1.54) is 4.88 Å². The van der Waals surface area contributed by atoms with Gasteiger partial charge in [0.1, 0.15) is 0 Å². The monoisotopic (exact) mass is 353 g/mol. The summed E-state index contributed by atoms with van der Waals surface area (Å²) in [7, 11) is 0. The quantitative estimate of drug-likeness (QED) is 0.493. The number of aliphatic imine (C=N–C) groups is 1. The molecule has 0 saturated carbocycles. The van der Waals surface area contributed by atoms with Gasteiger partial charge in [0.05, 0.1) is 22.7 Å². The van der Waals surface area contributed by atoms with Crippen LogP contribution in [0, 0.1) is 19.3 Å². The van der Waals surface area contributed by atoms with Crippen LogP contribution in [0.4, 0.5) is 0 Å². The fourth-order valence-electron chi connectivity index (χ4n) is 2.02. The Morgan fingerprint density at radius 3 is 2.38 bits per heavy atom. The fraction of sp³-hybridized carbons (Fsp3) is 0.706. The summed E-state index contributed by atoms with van der Waals surface area (Å²) < 4.78 is 0. The van der Waals surface area contributed by atoms with Crippen LogP contribution < -0.4 is 16.0 Å². The van der Waals surface area contributed by atoms with Gasteiger partial charge in [-0.2, -0.15) is 0 Å². The lowest BCUT2D eigenvalue weighted by Crippen LogP contribution is -2.42. The van der Waals surface area contributed by atoms with Crippen molar-refractivity contribution in [2.75, 3.05) is 26.2 Å². The van der Waals surface area contributed by atoms with E-state index in [2.05, 4.69) is 32.9 Å². The van der Waals surface area contributed by atoms with Gasteiger partial charge in [0, 0.05) is 30.9 Å². The Balaban J connectivity index is 2.57. The predicted molar refractivity (Wildman–Crippen MR) is 102 cm³/mol. The molecule has 0 bridgehead atoms. The summed E-state index contributed by atoms with van der Waals surface area (Å²) in [5.41, 5.74) is 0.585. The molecule has 136 valence electrons. The summed E-state index contributed by atoms with van der Waals surface area (Å²) >= 11 is 1.74. The van der Waals surface area contributed by atoms with Crippen molar-refractivity contribution in [1.29, 1.82) is 0 Å². The summed E-state index contributed by atoms with van der Waals surface area (Å²) in [6.07, 6.45) is 0.865. The maximum Gasteiger partial charge on any atom is 0.227 e. The molecule has 1 amide bonds. The van der Waals surface area contributed by atoms with Gasteiger partial charge in [-0.15, -0.1) is 11.3 Å². The van der Waals surface area contributed by atoms with Crippen molar-refractivity contribution >= 4 is 23.2 Å². The third-order valence-electron chi connectivity index (χ3n) is 3.63. The topological polar surface area (TPSA) is 78.4 Å². The van der Waals surface area contributed by atoms with Gasteiger partial charge in [-0.1, -0.05) is 0 Å². The Kier molecular flexibility index (Phi) is 8.18. The molecule has 0 aromatic carbocycles. The van der Waals surface area contributed by atoms with E-state index < -0.39 is 5.41 Å². The molecule has 0 aliphatic rings. The Morgan fingerprint density at radius 2 is 1.83 bits per heavy atom. The van der Waals surface area contributed by atoms with Crippen LogP contribution in [0.1, 0.15) is 43.3 Å². The van der Waals surface area contributed by atoms with Crippen LogP contribution in [0.3, 0.4) is 0 Å². The third-order valence-corrected chi connectivity index (χ3v) is 4.77. The Morgan fingerprint density at radius 1 is 1.17 bits per heavy atom. The zero-order valence-electron chi connectivity index (χ0n) is 15.7. The molecule has 3 N–H and O–H groups in total. The number of nitrogens with one attached hydrogen (secondary N) is 3. The van der Waals surface area contributed by atoms with Crippen molar-refractivity contribution in [1.82, 2.24) is 20.9 Å². The molecule has 1 aromatic rings. The van der Waals surface area contributed by atoms with Crippen LogP contribution in [0.25, 0.3) is 0 Å². The summed E-state index contributed by atoms with van der Waals surface area (Å²) in [6.45, 7) is 14.5. The van der Waals surface area contributed by atoms with Crippen LogP contribution >= 0.6 is 11.3 Å². The number of aromatic nitrogens is 1. The predicted octanol–water partition coefficient (Wildman–Crippen LogP) is 2.02. The second-order valence-corrected chi connectivity index (χ2v) is 7.65. The van der Waals surface area contributed by atoms with Crippen molar-refractivity contribution in [3.05, 3.63) is 15.6 Å². The molecule has 24 heavy (non-hydrogen) atoms. The molecular formula is C17H31N5OS. The van der Waals surface area contributed by atoms with Gasteiger partial charge < -0.3 is 16.0 Å².